The molecular weight excluding hydrogens is 254 g/mol. The standard InChI is InChI=1S/C14H23N5O/c1-8-6-5-7-19(11(8)4)14-12(13(15)18-20)9(2)10(3)16-17-14/h8,11,20H,5-7H2,1-4H3,(H2,15,18). The van der Waals surface area contributed by atoms with E-state index in [0.29, 0.717) is 17.5 Å². The summed E-state index contributed by atoms with van der Waals surface area (Å²) in [4.78, 5) is 2.22. The summed E-state index contributed by atoms with van der Waals surface area (Å²) in [7, 11) is 0. The quantitative estimate of drug-likeness (QED) is 0.372. The van der Waals surface area contributed by atoms with Crippen LogP contribution in [0.3, 0.4) is 0 Å². The van der Waals surface area contributed by atoms with Gasteiger partial charge < -0.3 is 15.8 Å². The van der Waals surface area contributed by atoms with Crippen molar-refractivity contribution in [2.75, 3.05) is 11.4 Å². The molecule has 0 amide bonds. The Balaban J connectivity index is 2.53. The lowest BCUT2D eigenvalue weighted by Crippen LogP contribution is -2.44. The molecule has 2 heterocycles. The first-order valence-corrected chi connectivity index (χ1v) is 7.05. The van der Waals surface area contributed by atoms with E-state index in [1.165, 1.54) is 6.42 Å². The predicted octanol–water partition coefficient (Wildman–Crippen LogP) is 1.81. The summed E-state index contributed by atoms with van der Waals surface area (Å²) >= 11 is 0. The van der Waals surface area contributed by atoms with Crippen molar-refractivity contribution in [2.45, 2.75) is 46.6 Å². The minimum Gasteiger partial charge on any atom is -0.409 e. The van der Waals surface area contributed by atoms with Crippen molar-refractivity contribution in [2.24, 2.45) is 16.8 Å². The Hall–Kier alpha value is -1.85. The molecule has 0 radical (unpaired) electrons. The van der Waals surface area contributed by atoms with Gasteiger partial charge in [0, 0.05) is 12.6 Å². The molecule has 0 bridgehead atoms. The van der Waals surface area contributed by atoms with E-state index in [-0.39, 0.29) is 5.84 Å². The molecule has 110 valence electrons. The molecule has 1 saturated heterocycles. The van der Waals surface area contributed by atoms with Gasteiger partial charge in [-0.05, 0) is 45.1 Å². The van der Waals surface area contributed by atoms with Gasteiger partial charge in [-0.25, -0.2) is 0 Å². The Kier molecular flexibility index (Phi) is 4.11. The Bertz CT molecular complexity index is 529. The fourth-order valence-corrected chi connectivity index (χ4v) is 2.79. The molecule has 2 unspecified atom stereocenters. The van der Waals surface area contributed by atoms with E-state index in [2.05, 4.69) is 34.1 Å². The van der Waals surface area contributed by atoms with Crippen LogP contribution in [0.2, 0.25) is 0 Å². The van der Waals surface area contributed by atoms with E-state index in [1.54, 1.807) is 0 Å². The molecule has 1 aromatic rings. The highest BCUT2D eigenvalue weighted by atomic mass is 16.4. The second-order valence-corrected chi connectivity index (χ2v) is 5.65. The lowest BCUT2D eigenvalue weighted by Gasteiger charge is -2.39. The highest BCUT2D eigenvalue weighted by Crippen LogP contribution is 2.30. The fourth-order valence-electron chi connectivity index (χ4n) is 2.79. The zero-order valence-electron chi connectivity index (χ0n) is 12.6. The molecule has 3 N–H and O–H groups in total. The molecule has 1 aromatic heterocycles. The SMILES string of the molecule is Cc1nnc(N2CCCC(C)C2C)c(C(N)=NO)c1C. The van der Waals surface area contributed by atoms with Crippen LogP contribution >= 0.6 is 0 Å². The van der Waals surface area contributed by atoms with E-state index in [0.717, 1.165) is 30.0 Å². The third kappa shape index (κ3) is 2.42. The second-order valence-electron chi connectivity index (χ2n) is 5.65. The lowest BCUT2D eigenvalue weighted by molar-refractivity contribution is 0.318. The molecule has 20 heavy (non-hydrogen) atoms. The summed E-state index contributed by atoms with van der Waals surface area (Å²) in [5.41, 5.74) is 8.26. The molecule has 1 aliphatic rings. The zero-order chi connectivity index (χ0) is 14.9. The first-order chi connectivity index (χ1) is 9.47. The largest absolute Gasteiger partial charge is 0.409 e. The van der Waals surface area contributed by atoms with Crippen molar-refractivity contribution in [1.82, 2.24) is 10.2 Å². The summed E-state index contributed by atoms with van der Waals surface area (Å²) in [6.07, 6.45) is 2.34. The molecule has 6 heteroatoms. The summed E-state index contributed by atoms with van der Waals surface area (Å²) in [5, 5.41) is 20.7. The Morgan fingerprint density at radius 2 is 2.05 bits per heavy atom. The molecule has 2 atom stereocenters. The van der Waals surface area contributed by atoms with Gasteiger partial charge in [0.05, 0.1) is 11.3 Å². The summed E-state index contributed by atoms with van der Waals surface area (Å²) in [6.45, 7) is 9.17. The maximum Gasteiger partial charge on any atom is 0.174 e. The number of hydrogen-bond donors (Lipinski definition) is 2. The normalized spacial score (nSPS) is 24.0. The summed E-state index contributed by atoms with van der Waals surface area (Å²) in [6, 6.07) is 0.366. The number of amidine groups is 1. The van der Waals surface area contributed by atoms with Gasteiger partial charge in [-0.2, -0.15) is 5.10 Å². The van der Waals surface area contributed by atoms with Gasteiger partial charge in [-0.3, -0.25) is 0 Å². The van der Waals surface area contributed by atoms with Crippen molar-refractivity contribution in [1.29, 1.82) is 0 Å². The lowest BCUT2D eigenvalue weighted by atomic mass is 9.91. The van der Waals surface area contributed by atoms with Crippen LogP contribution in [0.25, 0.3) is 0 Å². The summed E-state index contributed by atoms with van der Waals surface area (Å²) in [5.74, 6) is 1.41. The van der Waals surface area contributed by atoms with Crippen molar-refractivity contribution in [3.63, 3.8) is 0 Å². The molecular formula is C14H23N5O. The molecule has 1 fully saturated rings. The maximum absolute atomic E-state index is 9.04. The molecule has 0 spiro atoms. The van der Waals surface area contributed by atoms with Gasteiger partial charge in [0.15, 0.2) is 11.7 Å². The third-order valence-electron chi connectivity index (χ3n) is 4.45. The van der Waals surface area contributed by atoms with Gasteiger partial charge in [-0.1, -0.05) is 12.1 Å². The van der Waals surface area contributed by atoms with Gasteiger partial charge in [0.25, 0.3) is 0 Å². The van der Waals surface area contributed by atoms with E-state index in [1.807, 2.05) is 13.8 Å². The van der Waals surface area contributed by atoms with Crippen LogP contribution in [-0.4, -0.2) is 33.8 Å². The first kappa shape index (κ1) is 14.6. The van der Waals surface area contributed by atoms with Crippen LogP contribution in [0.15, 0.2) is 5.16 Å². The zero-order valence-corrected chi connectivity index (χ0v) is 12.6. The Morgan fingerprint density at radius 3 is 2.70 bits per heavy atom. The number of aryl methyl sites for hydroxylation is 1. The van der Waals surface area contributed by atoms with Crippen molar-refractivity contribution >= 4 is 11.7 Å². The van der Waals surface area contributed by atoms with Crippen LogP contribution in [0.4, 0.5) is 5.82 Å². The minimum atomic E-state index is 0.0981. The van der Waals surface area contributed by atoms with E-state index < -0.39 is 0 Å². The number of oxime groups is 1. The number of anilines is 1. The average molecular weight is 277 g/mol. The third-order valence-corrected chi connectivity index (χ3v) is 4.45. The van der Waals surface area contributed by atoms with E-state index in [9.17, 15) is 0 Å². The number of aromatic nitrogens is 2. The first-order valence-electron chi connectivity index (χ1n) is 7.05. The van der Waals surface area contributed by atoms with Gasteiger partial charge in [0.1, 0.15) is 0 Å². The van der Waals surface area contributed by atoms with E-state index >= 15 is 0 Å². The molecule has 0 aliphatic carbocycles. The number of nitrogens with zero attached hydrogens (tertiary/aromatic N) is 4. The fraction of sp³-hybridized carbons (Fsp3) is 0.643. The maximum atomic E-state index is 9.04. The van der Waals surface area contributed by atoms with Gasteiger partial charge in [-0.15, -0.1) is 5.10 Å². The molecule has 2 rings (SSSR count). The van der Waals surface area contributed by atoms with Crippen molar-refractivity contribution < 1.29 is 5.21 Å². The molecule has 1 aliphatic heterocycles. The van der Waals surface area contributed by atoms with Crippen LogP contribution in [0.5, 0.6) is 0 Å². The Labute approximate surface area is 119 Å². The monoisotopic (exact) mass is 277 g/mol. The number of hydrogen-bond acceptors (Lipinski definition) is 5. The van der Waals surface area contributed by atoms with Gasteiger partial charge >= 0.3 is 0 Å². The topological polar surface area (TPSA) is 87.6 Å². The van der Waals surface area contributed by atoms with Crippen molar-refractivity contribution in [3.05, 3.63) is 16.8 Å². The smallest absolute Gasteiger partial charge is 0.174 e. The molecule has 0 saturated carbocycles. The van der Waals surface area contributed by atoms with Crippen LogP contribution in [-0.2, 0) is 0 Å². The average Bonchev–Trinajstić information content (AvgIpc) is 2.44. The highest BCUT2D eigenvalue weighted by molar-refractivity contribution is 6.02. The Morgan fingerprint density at radius 1 is 1.35 bits per heavy atom. The van der Waals surface area contributed by atoms with E-state index in [4.69, 9.17) is 10.9 Å². The highest BCUT2D eigenvalue weighted by Gasteiger charge is 2.29. The van der Waals surface area contributed by atoms with Gasteiger partial charge in [0.2, 0.25) is 0 Å². The van der Waals surface area contributed by atoms with Crippen molar-refractivity contribution in [3.8, 4) is 0 Å². The van der Waals surface area contributed by atoms with Crippen LogP contribution < -0.4 is 10.6 Å². The number of rotatable bonds is 2. The number of nitrogens with two attached hydrogens (primary N) is 1. The van der Waals surface area contributed by atoms with Crippen LogP contribution in [0.1, 0.15) is 43.5 Å². The second kappa shape index (κ2) is 5.64. The van der Waals surface area contributed by atoms with Crippen LogP contribution in [0, 0.1) is 19.8 Å². The molecule has 6 nitrogen and oxygen atoms in total. The minimum absolute atomic E-state index is 0.0981. The summed E-state index contributed by atoms with van der Waals surface area (Å²) < 4.78 is 0. The molecule has 0 aromatic carbocycles. The predicted molar refractivity (Wildman–Crippen MR) is 79.2 cm³/mol. The number of piperidine rings is 1.